The van der Waals surface area contributed by atoms with Crippen LogP contribution in [0.2, 0.25) is 0 Å². The van der Waals surface area contributed by atoms with E-state index < -0.39 is 0 Å². The van der Waals surface area contributed by atoms with E-state index in [0.29, 0.717) is 24.3 Å². The summed E-state index contributed by atoms with van der Waals surface area (Å²) in [6.07, 6.45) is 3.16. The maximum Gasteiger partial charge on any atom is 0.220 e. The van der Waals surface area contributed by atoms with Crippen LogP contribution < -0.4 is 10.6 Å². The van der Waals surface area contributed by atoms with Crippen LogP contribution >= 0.6 is 24.8 Å². The first-order valence-electron chi connectivity index (χ1n) is 7.14. The van der Waals surface area contributed by atoms with Gasteiger partial charge in [0.1, 0.15) is 0 Å². The molecule has 1 rings (SSSR count). The number of nitrogens with zero attached hydrogens (tertiary/aromatic N) is 1. The van der Waals surface area contributed by atoms with Gasteiger partial charge in [-0.05, 0) is 58.8 Å². The van der Waals surface area contributed by atoms with Gasteiger partial charge in [-0.3, -0.25) is 4.79 Å². The minimum absolute atomic E-state index is 0. The van der Waals surface area contributed by atoms with Crippen LogP contribution in [-0.4, -0.2) is 50.6 Å². The van der Waals surface area contributed by atoms with Gasteiger partial charge in [-0.1, -0.05) is 6.92 Å². The lowest BCUT2D eigenvalue weighted by Crippen LogP contribution is -2.40. The molecule has 0 aromatic rings. The van der Waals surface area contributed by atoms with E-state index in [-0.39, 0.29) is 30.7 Å². The topological polar surface area (TPSA) is 44.4 Å². The minimum Gasteiger partial charge on any atom is -0.355 e. The molecule has 0 aromatic heterocycles. The monoisotopic (exact) mass is 327 g/mol. The standard InChI is InChI=1S/C14H29N3O.2ClH/c1-11(13-6-5-7-15-10-13)8-14(18)16-9-12(2)17(3)4;;/h11-13,15H,5-10H2,1-4H3,(H,16,18);2*1H. The van der Waals surface area contributed by atoms with Crippen molar-refractivity contribution < 1.29 is 4.79 Å². The van der Waals surface area contributed by atoms with Crippen LogP contribution in [0.4, 0.5) is 0 Å². The fourth-order valence-corrected chi connectivity index (χ4v) is 2.34. The Morgan fingerprint density at radius 2 is 2.00 bits per heavy atom. The summed E-state index contributed by atoms with van der Waals surface area (Å²) in [7, 11) is 4.07. The molecule has 0 spiro atoms. The van der Waals surface area contributed by atoms with Crippen molar-refractivity contribution in [3.05, 3.63) is 0 Å². The number of carbonyl (C=O) groups is 1. The molecule has 2 N–H and O–H groups in total. The van der Waals surface area contributed by atoms with E-state index in [9.17, 15) is 4.79 Å². The first-order chi connectivity index (χ1) is 8.50. The van der Waals surface area contributed by atoms with Gasteiger partial charge in [-0.15, -0.1) is 24.8 Å². The summed E-state index contributed by atoms with van der Waals surface area (Å²) in [5.41, 5.74) is 0. The lowest BCUT2D eigenvalue weighted by Gasteiger charge is -2.28. The number of likely N-dealkylation sites (N-methyl/N-ethyl adjacent to an activating group) is 1. The van der Waals surface area contributed by atoms with Crippen molar-refractivity contribution in [2.24, 2.45) is 11.8 Å². The van der Waals surface area contributed by atoms with Crippen molar-refractivity contribution in [3.8, 4) is 0 Å². The van der Waals surface area contributed by atoms with Gasteiger partial charge < -0.3 is 15.5 Å². The van der Waals surface area contributed by atoms with E-state index in [4.69, 9.17) is 0 Å². The van der Waals surface area contributed by atoms with Crippen LogP contribution in [0, 0.1) is 11.8 Å². The van der Waals surface area contributed by atoms with Gasteiger partial charge in [-0.25, -0.2) is 0 Å². The molecule has 20 heavy (non-hydrogen) atoms. The molecule has 1 heterocycles. The number of carbonyl (C=O) groups excluding carboxylic acids is 1. The van der Waals surface area contributed by atoms with Crippen molar-refractivity contribution in [3.63, 3.8) is 0 Å². The van der Waals surface area contributed by atoms with Crippen molar-refractivity contribution >= 4 is 30.7 Å². The van der Waals surface area contributed by atoms with Gasteiger partial charge in [-0.2, -0.15) is 0 Å². The molecule has 1 saturated heterocycles. The molecule has 1 amide bonds. The van der Waals surface area contributed by atoms with Gasteiger partial charge in [0, 0.05) is 19.0 Å². The third-order valence-electron chi connectivity index (χ3n) is 4.12. The zero-order valence-electron chi connectivity index (χ0n) is 13.1. The maximum atomic E-state index is 11.9. The Bertz CT molecular complexity index is 259. The second-order valence-electron chi connectivity index (χ2n) is 5.90. The number of halogens is 2. The molecule has 0 radical (unpaired) electrons. The number of hydrogen-bond donors (Lipinski definition) is 2. The number of nitrogens with one attached hydrogen (secondary N) is 2. The molecule has 0 aliphatic carbocycles. The number of amides is 1. The average Bonchev–Trinajstić information content (AvgIpc) is 2.36. The fraction of sp³-hybridized carbons (Fsp3) is 0.929. The maximum absolute atomic E-state index is 11.9. The molecular weight excluding hydrogens is 297 g/mol. The van der Waals surface area contributed by atoms with E-state index in [2.05, 4.69) is 29.4 Å². The summed E-state index contributed by atoms with van der Waals surface area (Å²) in [5.74, 6) is 1.34. The van der Waals surface area contributed by atoms with Gasteiger partial charge in [0.25, 0.3) is 0 Å². The summed E-state index contributed by atoms with van der Waals surface area (Å²) in [6.45, 7) is 7.27. The largest absolute Gasteiger partial charge is 0.355 e. The average molecular weight is 328 g/mol. The Labute approximate surface area is 136 Å². The number of piperidine rings is 1. The quantitative estimate of drug-likeness (QED) is 0.783. The molecule has 122 valence electrons. The highest BCUT2D eigenvalue weighted by atomic mass is 35.5. The lowest BCUT2D eigenvalue weighted by atomic mass is 9.85. The second kappa shape index (κ2) is 11.6. The van der Waals surface area contributed by atoms with Crippen LogP contribution in [0.3, 0.4) is 0 Å². The van der Waals surface area contributed by atoms with E-state index in [0.717, 1.165) is 19.6 Å². The Hall–Kier alpha value is -0.0300. The third kappa shape index (κ3) is 8.30. The highest BCUT2D eigenvalue weighted by Gasteiger charge is 2.22. The Morgan fingerprint density at radius 3 is 2.50 bits per heavy atom. The fourth-order valence-electron chi connectivity index (χ4n) is 2.34. The predicted octanol–water partition coefficient (Wildman–Crippen LogP) is 1.92. The predicted molar refractivity (Wildman–Crippen MR) is 90.0 cm³/mol. The molecule has 0 bridgehead atoms. The molecule has 3 unspecified atom stereocenters. The van der Waals surface area contributed by atoms with E-state index in [1.54, 1.807) is 0 Å². The van der Waals surface area contributed by atoms with E-state index in [1.165, 1.54) is 12.8 Å². The molecule has 6 heteroatoms. The smallest absolute Gasteiger partial charge is 0.220 e. The molecule has 0 aromatic carbocycles. The Morgan fingerprint density at radius 1 is 1.35 bits per heavy atom. The Balaban J connectivity index is 0. The second-order valence-corrected chi connectivity index (χ2v) is 5.90. The lowest BCUT2D eigenvalue weighted by molar-refractivity contribution is -0.122. The van der Waals surface area contributed by atoms with Crippen molar-refractivity contribution in [2.45, 2.75) is 39.2 Å². The zero-order valence-corrected chi connectivity index (χ0v) is 14.8. The van der Waals surface area contributed by atoms with Crippen molar-refractivity contribution in [1.29, 1.82) is 0 Å². The molecule has 0 saturated carbocycles. The highest BCUT2D eigenvalue weighted by Crippen LogP contribution is 2.22. The Kier molecular flexibility index (Phi) is 12.9. The van der Waals surface area contributed by atoms with Crippen molar-refractivity contribution in [2.75, 3.05) is 33.7 Å². The van der Waals surface area contributed by atoms with E-state index in [1.807, 2.05) is 14.1 Å². The van der Waals surface area contributed by atoms with Crippen LogP contribution in [0.25, 0.3) is 0 Å². The number of hydrogen-bond acceptors (Lipinski definition) is 3. The summed E-state index contributed by atoms with van der Waals surface area (Å²) < 4.78 is 0. The van der Waals surface area contributed by atoms with Crippen LogP contribution in [-0.2, 0) is 4.79 Å². The molecule has 1 fully saturated rings. The van der Waals surface area contributed by atoms with Crippen LogP contribution in [0.15, 0.2) is 0 Å². The van der Waals surface area contributed by atoms with E-state index >= 15 is 0 Å². The van der Waals surface area contributed by atoms with Gasteiger partial charge in [0.15, 0.2) is 0 Å². The third-order valence-corrected chi connectivity index (χ3v) is 4.12. The van der Waals surface area contributed by atoms with Crippen LogP contribution in [0.5, 0.6) is 0 Å². The number of rotatable bonds is 6. The summed E-state index contributed by atoms with van der Waals surface area (Å²) in [5, 5.41) is 6.45. The highest BCUT2D eigenvalue weighted by molar-refractivity contribution is 5.85. The van der Waals surface area contributed by atoms with Gasteiger partial charge >= 0.3 is 0 Å². The molecule has 4 nitrogen and oxygen atoms in total. The zero-order chi connectivity index (χ0) is 13.5. The van der Waals surface area contributed by atoms with Crippen molar-refractivity contribution in [1.82, 2.24) is 15.5 Å². The molecule has 1 aliphatic heterocycles. The molecule has 1 aliphatic rings. The molecule has 3 atom stereocenters. The van der Waals surface area contributed by atoms with Crippen LogP contribution in [0.1, 0.15) is 33.1 Å². The first kappa shape index (κ1) is 22.3. The normalized spacial score (nSPS) is 21.4. The summed E-state index contributed by atoms with van der Waals surface area (Å²) in [4.78, 5) is 14.0. The first-order valence-corrected chi connectivity index (χ1v) is 7.14. The summed E-state index contributed by atoms with van der Waals surface area (Å²) in [6, 6.07) is 0.389. The minimum atomic E-state index is 0. The van der Waals surface area contributed by atoms with Gasteiger partial charge in [0.2, 0.25) is 5.91 Å². The van der Waals surface area contributed by atoms with Gasteiger partial charge in [0.05, 0.1) is 0 Å². The molecular formula is C14H31Cl2N3O. The summed E-state index contributed by atoms with van der Waals surface area (Å²) >= 11 is 0. The SMILES string of the molecule is CC(CC(=O)NCC(C)N(C)C)C1CCCNC1.Cl.Cl.